The van der Waals surface area contributed by atoms with E-state index in [1.807, 2.05) is 30.3 Å². The molecule has 5 aliphatic rings. The van der Waals surface area contributed by atoms with Crippen LogP contribution in [0, 0.1) is 35.5 Å². The Morgan fingerprint density at radius 3 is 2.06 bits per heavy atom. The summed E-state index contributed by atoms with van der Waals surface area (Å²) >= 11 is 0. The number of nitrogens with one attached hydrogen (secondary N) is 1. The normalized spacial score (nSPS) is 31.1. The van der Waals surface area contributed by atoms with Gasteiger partial charge < -0.3 is 5.32 Å². The van der Waals surface area contributed by atoms with Crippen molar-refractivity contribution in [3.8, 4) is 0 Å². The molecule has 0 unspecified atom stereocenters. The number of benzene rings is 2. The van der Waals surface area contributed by atoms with Gasteiger partial charge in [0.15, 0.2) is 5.78 Å². The van der Waals surface area contributed by atoms with Crippen LogP contribution in [0.2, 0.25) is 0 Å². The molecule has 0 aromatic heterocycles. The first-order valence-electron chi connectivity index (χ1n) is 11.9. The van der Waals surface area contributed by atoms with Gasteiger partial charge in [0.1, 0.15) is 6.04 Å². The number of anilines is 1. The van der Waals surface area contributed by atoms with Gasteiger partial charge in [-0.2, -0.15) is 0 Å². The lowest BCUT2D eigenvalue weighted by molar-refractivity contribution is -0.146. The maximum atomic E-state index is 13.7. The van der Waals surface area contributed by atoms with E-state index >= 15 is 0 Å². The summed E-state index contributed by atoms with van der Waals surface area (Å²) < 4.78 is 0. The highest BCUT2D eigenvalue weighted by molar-refractivity contribution is 6.11. The second-order valence-electron chi connectivity index (χ2n) is 10.0. The topological polar surface area (TPSA) is 83.6 Å². The van der Waals surface area contributed by atoms with Gasteiger partial charge >= 0.3 is 0 Å². The molecule has 7 rings (SSSR count). The zero-order chi connectivity index (χ0) is 23.6. The Hall–Kier alpha value is -3.54. The molecule has 2 aromatic rings. The molecule has 2 aromatic carbocycles. The fourth-order valence-electron chi connectivity index (χ4n) is 6.44. The third kappa shape index (κ3) is 3.23. The minimum atomic E-state index is -0.934. The zero-order valence-electron chi connectivity index (χ0n) is 18.9. The smallest absolute Gasteiger partial charge is 0.248 e. The molecule has 2 saturated carbocycles. The van der Waals surface area contributed by atoms with Gasteiger partial charge in [-0.1, -0.05) is 42.5 Å². The number of imide groups is 1. The quantitative estimate of drug-likeness (QED) is 0.411. The molecule has 3 fully saturated rings. The van der Waals surface area contributed by atoms with Gasteiger partial charge in [0.2, 0.25) is 17.7 Å². The number of rotatable bonds is 6. The van der Waals surface area contributed by atoms with Crippen molar-refractivity contribution in [3.63, 3.8) is 0 Å². The average Bonchev–Trinajstić information content (AvgIpc) is 3.62. The van der Waals surface area contributed by atoms with Crippen LogP contribution in [0.5, 0.6) is 0 Å². The minimum absolute atomic E-state index is 0.0583. The Labute approximate surface area is 198 Å². The molecule has 6 nitrogen and oxygen atoms in total. The third-order valence-electron chi connectivity index (χ3n) is 8.14. The lowest BCUT2D eigenvalue weighted by atomic mass is 9.63. The second-order valence-corrected chi connectivity index (χ2v) is 10.0. The van der Waals surface area contributed by atoms with E-state index in [1.54, 1.807) is 24.3 Å². The van der Waals surface area contributed by atoms with E-state index < -0.39 is 11.9 Å². The minimum Gasteiger partial charge on any atom is -0.324 e. The largest absolute Gasteiger partial charge is 0.324 e. The van der Waals surface area contributed by atoms with Crippen molar-refractivity contribution in [2.45, 2.75) is 25.8 Å². The first-order chi connectivity index (χ1) is 16.4. The Balaban J connectivity index is 1.30. The van der Waals surface area contributed by atoms with Crippen LogP contribution in [0.1, 0.15) is 29.3 Å². The number of Topliss-reactive ketones (excluding diaryl/α,β-unsaturated/α-hetero) is 1. The van der Waals surface area contributed by atoms with Gasteiger partial charge in [-0.15, -0.1) is 0 Å². The second kappa shape index (κ2) is 7.76. The maximum Gasteiger partial charge on any atom is 0.248 e. The van der Waals surface area contributed by atoms with Crippen molar-refractivity contribution in [1.29, 1.82) is 0 Å². The SMILES string of the molecule is CC(=O)c1ccc(NC(=O)[C@H](Cc2ccccc2)N2C(=O)[C@@H]3[C@@H]4C=C[C@H]([C@H]5C[C@H]45)[C@@H]3C2=O)cc1. The molecular formula is C28H26N2O4. The number of nitrogens with zero attached hydrogens (tertiary/aromatic N) is 1. The summed E-state index contributed by atoms with van der Waals surface area (Å²) in [6, 6.07) is 15.2. The van der Waals surface area contributed by atoms with E-state index in [2.05, 4.69) is 17.5 Å². The fourth-order valence-corrected chi connectivity index (χ4v) is 6.44. The number of allylic oxidation sites excluding steroid dienone is 2. The van der Waals surface area contributed by atoms with Gasteiger partial charge in [-0.3, -0.25) is 24.1 Å². The summed E-state index contributed by atoms with van der Waals surface area (Å²) in [5.74, 6) is -0.308. The van der Waals surface area contributed by atoms with Crippen molar-refractivity contribution < 1.29 is 19.2 Å². The number of ketones is 1. The molecule has 2 bridgehead atoms. The Kier molecular flexibility index (Phi) is 4.80. The van der Waals surface area contributed by atoms with Crippen molar-refractivity contribution in [2.75, 3.05) is 5.32 Å². The van der Waals surface area contributed by atoms with Crippen molar-refractivity contribution >= 4 is 29.2 Å². The number of carbonyl (C=O) groups excluding carboxylic acids is 4. The van der Waals surface area contributed by atoms with E-state index in [4.69, 9.17) is 0 Å². The van der Waals surface area contributed by atoms with Gasteiger partial charge in [-0.25, -0.2) is 0 Å². The Morgan fingerprint density at radius 2 is 1.50 bits per heavy atom. The molecule has 1 aliphatic heterocycles. The van der Waals surface area contributed by atoms with E-state index in [0.717, 1.165) is 12.0 Å². The molecule has 172 valence electrons. The van der Waals surface area contributed by atoms with E-state index in [1.165, 1.54) is 11.8 Å². The number of amides is 3. The molecule has 0 radical (unpaired) electrons. The number of likely N-dealkylation sites (tertiary alicyclic amines) is 1. The van der Waals surface area contributed by atoms with E-state index in [0.29, 0.717) is 23.1 Å². The van der Waals surface area contributed by atoms with Crippen LogP contribution in [0.25, 0.3) is 0 Å². The fraction of sp³-hybridized carbons (Fsp3) is 0.357. The van der Waals surface area contributed by atoms with Crippen LogP contribution in [0.15, 0.2) is 66.7 Å². The van der Waals surface area contributed by atoms with Crippen LogP contribution >= 0.6 is 0 Å². The number of hydrogen-bond donors (Lipinski definition) is 1. The van der Waals surface area contributed by atoms with Crippen molar-refractivity contribution in [2.24, 2.45) is 35.5 Å². The maximum absolute atomic E-state index is 13.7. The summed E-state index contributed by atoms with van der Waals surface area (Å²) in [6.45, 7) is 1.49. The first-order valence-corrected chi connectivity index (χ1v) is 11.9. The van der Waals surface area contributed by atoms with Crippen LogP contribution in [-0.4, -0.2) is 34.4 Å². The first kappa shape index (κ1) is 21.0. The van der Waals surface area contributed by atoms with Crippen LogP contribution in [0.4, 0.5) is 5.69 Å². The van der Waals surface area contributed by atoms with Gasteiger partial charge in [0, 0.05) is 17.7 Å². The molecule has 4 aliphatic carbocycles. The van der Waals surface area contributed by atoms with Crippen LogP contribution < -0.4 is 5.32 Å². The molecule has 1 N–H and O–H groups in total. The molecule has 0 spiro atoms. The predicted octanol–water partition coefficient (Wildman–Crippen LogP) is 3.49. The highest BCUT2D eigenvalue weighted by atomic mass is 16.2. The standard InChI is InChI=1S/C28H26N2O4/c1-15(31)17-7-9-18(10-8-17)29-26(32)23(13-16-5-3-2-4-6-16)30-27(33)24-19-11-12-20(22-14-21(19)22)25(24)28(30)34/h2-12,19-25H,13-14H2,1H3,(H,29,32)/t19-,20-,21-,22-,23+,24-,25+/m1/s1. The monoisotopic (exact) mass is 454 g/mol. The van der Waals surface area contributed by atoms with E-state index in [9.17, 15) is 19.2 Å². The summed E-state index contributed by atoms with van der Waals surface area (Å²) in [4.78, 5) is 53.7. The van der Waals surface area contributed by atoms with Crippen LogP contribution in [-0.2, 0) is 20.8 Å². The molecular weight excluding hydrogens is 428 g/mol. The van der Waals surface area contributed by atoms with E-state index in [-0.39, 0.29) is 47.7 Å². The summed E-state index contributed by atoms with van der Waals surface area (Å²) in [5, 5.41) is 2.87. The zero-order valence-corrected chi connectivity index (χ0v) is 18.9. The average molecular weight is 455 g/mol. The molecule has 34 heavy (non-hydrogen) atoms. The molecule has 1 heterocycles. The summed E-state index contributed by atoms with van der Waals surface area (Å²) in [7, 11) is 0. The lowest BCUT2D eigenvalue weighted by Crippen LogP contribution is -2.49. The number of carbonyl (C=O) groups is 4. The molecule has 6 heteroatoms. The highest BCUT2D eigenvalue weighted by Gasteiger charge is 2.67. The highest BCUT2D eigenvalue weighted by Crippen LogP contribution is 2.65. The molecule has 7 atom stereocenters. The number of hydrogen-bond acceptors (Lipinski definition) is 4. The third-order valence-corrected chi connectivity index (χ3v) is 8.14. The predicted molar refractivity (Wildman–Crippen MR) is 126 cm³/mol. The van der Waals surface area contributed by atoms with Crippen molar-refractivity contribution in [1.82, 2.24) is 4.90 Å². The van der Waals surface area contributed by atoms with Gasteiger partial charge in [0.25, 0.3) is 0 Å². The Morgan fingerprint density at radius 1 is 0.912 bits per heavy atom. The molecule has 3 amide bonds. The van der Waals surface area contributed by atoms with Crippen molar-refractivity contribution in [3.05, 3.63) is 77.9 Å². The summed E-state index contributed by atoms with van der Waals surface area (Å²) in [5.41, 5.74) is 1.95. The molecule has 1 saturated heterocycles. The van der Waals surface area contributed by atoms with Crippen LogP contribution in [0.3, 0.4) is 0 Å². The Bertz CT molecular complexity index is 1180. The van der Waals surface area contributed by atoms with Gasteiger partial charge in [0.05, 0.1) is 11.8 Å². The summed E-state index contributed by atoms with van der Waals surface area (Å²) in [6.07, 6.45) is 5.62. The van der Waals surface area contributed by atoms with Gasteiger partial charge in [-0.05, 0) is 66.8 Å². The lowest BCUT2D eigenvalue weighted by Gasteiger charge is -2.37.